The zero-order chi connectivity index (χ0) is 17.7. The van der Waals surface area contributed by atoms with Gasteiger partial charge in [-0.2, -0.15) is 10.4 Å². The molecule has 2 aromatic rings. The number of hydrogen-bond donors (Lipinski definition) is 1. The van der Waals surface area contributed by atoms with Gasteiger partial charge in [0.2, 0.25) is 0 Å². The molecule has 0 saturated heterocycles. The Balaban J connectivity index is 1.93. The van der Waals surface area contributed by atoms with E-state index in [1.807, 2.05) is 39.0 Å². The molecule has 0 fully saturated rings. The molecule has 4 rings (SSSR count). The second-order valence-electron chi connectivity index (χ2n) is 6.84. The molecule has 2 unspecified atom stereocenters. The second kappa shape index (κ2) is 5.55. The summed E-state index contributed by atoms with van der Waals surface area (Å²) >= 11 is 0. The fourth-order valence-corrected chi connectivity index (χ4v) is 3.71. The zero-order valence-electron chi connectivity index (χ0n) is 14.3. The van der Waals surface area contributed by atoms with Crippen LogP contribution in [0.5, 0.6) is 0 Å². The molecule has 1 N–H and O–H groups in total. The lowest BCUT2D eigenvalue weighted by Crippen LogP contribution is -2.31. The smallest absolute Gasteiger partial charge is 0.337 e. The number of aryl methyl sites for hydroxylation is 1. The van der Waals surface area contributed by atoms with E-state index in [-0.39, 0.29) is 24.4 Å². The van der Waals surface area contributed by atoms with Gasteiger partial charge in [-0.05, 0) is 30.5 Å². The average Bonchev–Trinajstić information content (AvgIpc) is 3.16. The fraction of sp³-hybridized carbons (Fsp3) is 0.368. The highest BCUT2D eigenvalue weighted by Gasteiger charge is 2.43. The summed E-state index contributed by atoms with van der Waals surface area (Å²) in [5.41, 5.74) is 4.75. The number of esters is 1. The lowest BCUT2D eigenvalue weighted by atomic mass is 9.74. The number of benzene rings is 1. The highest BCUT2D eigenvalue weighted by Crippen LogP contribution is 2.43. The number of aromatic nitrogens is 2. The number of fused-ring (bicyclic) bond motifs is 1. The number of hydrogen-bond acceptors (Lipinski definition) is 5. The van der Waals surface area contributed by atoms with Crippen molar-refractivity contribution in [3.8, 4) is 6.07 Å². The molecule has 6 nitrogen and oxygen atoms in total. The van der Waals surface area contributed by atoms with Crippen LogP contribution >= 0.6 is 0 Å². The minimum absolute atomic E-state index is 0.122. The van der Waals surface area contributed by atoms with Crippen LogP contribution in [0.15, 0.2) is 34.5 Å². The molecule has 3 heterocycles. The van der Waals surface area contributed by atoms with E-state index in [0.717, 1.165) is 27.9 Å². The standard InChI is InChI=1S/C19H18N4O2/c1-9(2)18-13(7-20)16(17-15(21-18)8-25-19(17)24)11-4-5-14-12(6-11)10(3)22-23-14/h4-6,9,13,16H,8H2,1-3H3,(H,22,23). The molecular formula is C19H18N4O2. The minimum atomic E-state index is -0.478. The molecule has 2 atom stereocenters. The molecule has 0 saturated carbocycles. The molecule has 2 aliphatic heterocycles. The van der Waals surface area contributed by atoms with Gasteiger partial charge in [0, 0.05) is 22.7 Å². The van der Waals surface area contributed by atoms with Gasteiger partial charge in [0.15, 0.2) is 0 Å². The zero-order valence-corrected chi connectivity index (χ0v) is 14.3. The van der Waals surface area contributed by atoms with Gasteiger partial charge in [-0.1, -0.05) is 19.9 Å². The summed E-state index contributed by atoms with van der Waals surface area (Å²) in [5.74, 6) is -1.08. The normalized spacial score (nSPS) is 22.8. The number of cyclic esters (lactones) is 1. The third kappa shape index (κ3) is 2.27. The number of nitrogens with one attached hydrogen (secondary N) is 1. The molecule has 1 aromatic carbocycles. The van der Waals surface area contributed by atoms with Gasteiger partial charge < -0.3 is 4.74 Å². The van der Waals surface area contributed by atoms with Gasteiger partial charge in [0.1, 0.15) is 6.61 Å². The van der Waals surface area contributed by atoms with Crippen LogP contribution in [0.2, 0.25) is 0 Å². The van der Waals surface area contributed by atoms with E-state index < -0.39 is 5.92 Å². The number of nitrogens with zero attached hydrogens (tertiary/aromatic N) is 3. The van der Waals surface area contributed by atoms with Gasteiger partial charge >= 0.3 is 5.97 Å². The number of ether oxygens (including phenoxy) is 1. The Labute approximate surface area is 145 Å². The average molecular weight is 334 g/mol. The Bertz CT molecular complexity index is 991. The molecule has 0 bridgehead atoms. The first-order chi connectivity index (χ1) is 12.0. The van der Waals surface area contributed by atoms with E-state index in [9.17, 15) is 10.1 Å². The Hall–Kier alpha value is -2.94. The second-order valence-corrected chi connectivity index (χ2v) is 6.84. The maximum Gasteiger partial charge on any atom is 0.337 e. The monoisotopic (exact) mass is 334 g/mol. The molecule has 0 amide bonds. The molecule has 6 heteroatoms. The SMILES string of the molecule is Cc1[nH]nc2ccc(C3C4=C(COC4=O)N=C(C(C)C)C3C#N)cc12. The molecule has 0 radical (unpaired) electrons. The Morgan fingerprint density at radius 1 is 1.40 bits per heavy atom. The van der Waals surface area contributed by atoms with Crippen molar-refractivity contribution >= 4 is 22.6 Å². The van der Waals surface area contributed by atoms with Crippen LogP contribution < -0.4 is 0 Å². The van der Waals surface area contributed by atoms with Crippen molar-refractivity contribution < 1.29 is 9.53 Å². The number of carbonyl (C=O) groups is 1. The largest absolute Gasteiger partial charge is 0.456 e. The number of rotatable bonds is 2. The van der Waals surface area contributed by atoms with E-state index in [2.05, 4.69) is 21.3 Å². The van der Waals surface area contributed by atoms with Crippen molar-refractivity contribution in [2.24, 2.45) is 16.8 Å². The highest BCUT2D eigenvalue weighted by molar-refractivity contribution is 6.01. The summed E-state index contributed by atoms with van der Waals surface area (Å²) in [7, 11) is 0. The third-order valence-electron chi connectivity index (χ3n) is 4.96. The Morgan fingerprint density at radius 2 is 2.20 bits per heavy atom. The predicted molar refractivity (Wildman–Crippen MR) is 92.9 cm³/mol. The molecule has 0 aliphatic carbocycles. The van der Waals surface area contributed by atoms with Crippen LogP contribution in [0.4, 0.5) is 0 Å². The molecule has 0 spiro atoms. The number of nitriles is 1. The summed E-state index contributed by atoms with van der Waals surface area (Å²) in [6.45, 7) is 6.18. The first kappa shape index (κ1) is 15.6. The van der Waals surface area contributed by atoms with Gasteiger partial charge in [0.05, 0.1) is 28.8 Å². The van der Waals surface area contributed by atoms with E-state index in [0.29, 0.717) is 11.3 Å². The van der Waals surface area contributed by atoms with E-state index in [4.69, 9.17) is 4.74 Å². The van der Waals surface area contributed by atoms with Crippen LogP contribution in [0.1, 0.15) is 31.0 Å². The van der Waals surface area contributed by atoms with Crippen molar-refractivity contribution in [3.63, 3.8) is 0 Å². The predicted octanol–water partition coefficient (Wildman–Crippen LogP) is 3.02. The Kier molecular flexibility index (Phi) is 3.46. The number of aliphatic imine (C=N–C) groups is 1. The lowest BCUT2D eigenvalue weighted by molar-refractivity contribution is -0.136. The first-order valence-electron chi connectivity index (χ1n) is 8.34. The maximum atomic E-state index is 12.3. The summed E-state index contributed by atoms with van der Waals surface area (Å²) in [5, 5.41) is 18.1. The topological polar surface area (TPSA) is 91.1 Å². The fourth-order valence-electron chi connectivity index (χ4n) is 3.71. The highest BCUT2D eigenvalue weighted by atomic mass is 16.5. The summed E-state index contributed by atoms with van der Waals surface area (Å²) < 4.78 is 5.22. The lowest BCUT2D eigenvalue weighted by Gasteiger charge is -2.29. The van der Waals surface area contributed by atoms with Crippen molar-refractivity contribution in [3.05, 3.63) is 40.7 Å². The van der Waals surface area contributed by atoms with Crippen LogP contribution in [-0.4, -0.2) is 28.5 Å². The van der Waals surface area contributed by atoms with Gasteiger partial charge in [-0.25, -0.2) is 4.79 Å². The van der Waals surface area contributed by atoms with Crippen molar-refractivity contribution in [2.45, 2.75) is 26.7 Å². The van der Waals surface area contributed by atoms with Crippen molar-refractivity contribution in [2.75, 3.05) is 6.61 Å². The minimum Gasteiger partial charge on any atom is -0.456 e. The molecule has 2 aliphatic rings. The summed E-state index contributed by atoms with van der Waals surface area (Å²) in [6.07, 6.45) is 0. The van der Waals surface area contributed by atoms with Crippen molar-refractivity contribution in [1.29, 1.82) is 5.26 Å². The summed E-state index contributed by atoms with van der Waals surface area (Å²) in [6, 6.07) is 8.26. The number of H-pyrrole nitrogens is 1. The molecular weight excluding hydrogens is 316 g/mol. The van der Waals surface area contributed by atoms with Crippen LogP contribution in [0.3, 0.4) is 0 Å². The van der Waals surface area contributed by atoms with E-state index in [1.54, 1.807) is 0 Å². The molecule has 25 heavy (non-hydrogen) atoms. The van der Waals surface area contributed by atoms with Crippen LogP contribution in [-0.2, 0) is 9.53 Å². The van der Waals surface area contributed by atoms with Crippen LogP contribution in [0.25, 0.3) is 10.9 Å². The van der Waals surface area contributed by atoms with E-state index in [1.165, 1.54) is 0 Å². The number of carbonyl (C=O) groups excluding carboxylic acids is 1. The van der Waals surface area contributed by atoms with Crippen LogP contribution in [0, 0.1) is 30.1 Å². The van der Waals surface area contributed by atoms with Crippen molar-refractivity contribution in [1.82, 2.24) is 10.2 Å². The quantitative estimate of drug-likeness (QED) is 0.855. The maximum absolute atomic E-state index is 12.3. The summed E-state index contributed by atoms with van der Waals surface area (Å²) in [4.78, 5) is 16.9. The molecule has 1 aromatic heterocycles. The van der Waals surface area contributed by atoms with Gasteiger partial charge in [0.25, 0.3) is 0 Å². The Morgan fingerprint density at radius 3 is 2.92 bits per heavy atom. The van der Waals surface area contributed by atoms with Gasteiger partial charge in [-0.15, -0.1) is 0 Å². The third-order valence-corrected chi connectivity index (χ3v) is 4.96. The number of aromatic amines is 1. The molecule has 126 valence electrons. The van der Waals surface area contributed by atoms with E-state index >= 15 is 0 Å². The first-order valence-corrected chi connectivity index (χ1v) is 8.34. The van der Waals surface area contributed by atoms with Gasteiger partial charge in [-0.3, -0.25) is 10.1 Å².